The van der Waals surface area contributed by atoms with E-state index in [1.54, 1.807) is 13.8 Å². The van der Waals surface area contributed by atoms with Crippen LogP contribution in [0.3, 0.4) is 0 Å². The summed E-state index contributed by atoms with van der Waals surface area (Å²) >= 11 is 6.07. The number of aromatic nitrogens is 2. The van der Waals surface area contributed by atoms with Crippen LogP contribution >= 0.6 is 11.6 Å². The van der Waals surface area contributed by atoms with Gasteiger partial charge in [0.25, 0.3) is 0 Å². The fourth-order valence-corrected chi connectivity index (χ4v) is 1.89. The average molecular weight is 258 g/mol. The summed E-state index contributed by atoms with van der Waals surface area (Å²) in [7, 11) is 1.89. The maximum atomic E-state index is 9.82. The van der Waals surface area contributed by atoms with Crippen molar-refractivity contribution in [1.82, 2.24) is 9.97 Å². The Morgan fingerprint density at radius 3 is 2.41 bits per heavy atom. The molecule has 0 saturated heterocycles. The molecule has 0 fully saturated rings. The summed E-state index contributed by atoms with van der Waals surface area (Å²) in [6, 6.07) is 0. The van der Waals surface area contributed by atoms with E-state index >= 15 is 0 Å². The number of likely N-dealkylation sites (N-methyl/N-ethyl adjacent to an activating group) is 1. The molecule has 0 saturated carbocycles. The summed E-state index contributed by atoms with van der Waals surface area (Å²) in [4.78, 5) is 10.6. The second kappa shape index (κ2) is 5.19. The fourth-order valence-electron chi connectivity index (χ4n) is 1.71. The second-order valence-corrected chi connectivity index (χ2v) is 5.26. The third-order valence-electron chi connectivity index (χ3n) is 2.41. The highest BCUT2D eigenvalue weighted by atomic mass is 35.5. The molecule has 1 N–H and O–H groups in total. The van der Waals surface area contributed by atoms with Crippen LogP contribution in [0.4, 0.5) is 5.82 Å². The summed E-state index contributed by atoms with van der Waals surface area (Å²) in [5.41, 5.74) is 0.0703. The van der Waals surface area contributed by atoms with Crippen LogP contribution in [0, 0.1) is 6.92 Å². The van der Waals surface area contributed by atoms with Crippen molar-refractivity contribution in [1.29, 1.82) is 0 Å². The smallest absolute Gasteiger partial charge is 0.137 e. The SMILES string of the molecule is CCc1nc(Cl)c(C)c(N(C)CC(C)(C)O)n1. The molecule has 96 valence electrons. The van der Waals surface area contributed by atoms with Gasteiger partial charge in [0.15, 0.2) is 0 Å². The second-order valence-electron chi connectivity index (χ2n) is 4.90. The van der Waals surface area contributed by atoms with Crippen molar-refractivity contribution >= 4 is 17.4 Å². The molecule has 1 heterocycles. The minimum absolute atomic E-state index is 0.481. The lowest BCUT2D eigenvalue weighted by atomic mass is 10.1. The Morgan fingerprint density at radius 2 is 1.94 bits per heavy atom. The number of rotatable bonds is 4. The monoisotopic (exact) mass is 257 g/mol. The lowest BCUT2D eigenvalue weighted by Gasteiger charge is -2.27. The van der Waals surface area contributed by atoms with E-state index in [9.17, 15) is 5.11 Å². The van der Waals surface area contributed by atoms with E-state index in [1.165, 1.54) is 0 Å². The fraction of sp³-hybridized carbons (Fsp3) is 0.667. The molecule has 0 radical (unpaired) electrons. The van der Waals surface area contributed by atoms with Crippen LogP contribution in [0.5, 0.6) is 0 Å². The number of hydrogen-bond donors (Lipinski definition) is 1. The van der Waals surface area contributed by atoms with Gasteiger partial charge in [-0.1, -0.05) is 18.5 Å². The molecule has 1 rings (SSSR count). The minimum atomic E-state index is -0.773. The van der Waals surface area contributed by atoms with Crippen LogP contribution in [0.15, 0.2) is 0 Å². The number of hydrogen-bond acceptors (Lipinski definition) is 4. The van der Waals surface area contributed by atoms with E-state index in [1.807, 2.05) is 25.8 Å². The number of anilines is 1. The summed E-state index contributed by atoms with van der Waals surface area (Å²) in [5, 5.41) is 10.3. The molecule has 17 heavy (non-hydrogen) atoms. The molecule has 1 aromatic heterocycles. The van der Waals surface area contributed by atoms with Gasteiger partial charge in [-0.15, -0.1) is 0 Å². The molecule has 0 aliphatic rings. The van der Waals surface area contributed by atoms with E-state index in [2.05, 4.69) is 9.97 Å². The maximum absolute atomic E-state index is 9.82. The molecule has 0 unspecified atom stereocenters. The highest BCUT2D eigenvalue weighted by molar-refractivity contribution is 6.30. The van der Waals surface area contributed by atoms with Crippen molar-refractivity contribution in [2.24, 2.45) is 0 Å². The standard InChI is InChI=1S/C12H20ClN3O/c1-6-9-14-10(13)8(2)11(15-9)16(5)7-12(3,4)17/h17H,6-7H2,1-5H3. The molecule has 0 bridgehead atoms. The Balaban J connectivity index is 3.08. The highest BCUT2D eigenvalue weighted by Crippen LogP contribution is 2.23. The molecule has 0 aromatic carbocycles. The van der Waals surface area contributed by atoms with Gasteiger partial charge in [-0.05, 0) is 20.8 Å². The Hall–Kier alpha value is -0.870. The van der Waals surface area contributed by atoms with E-state index in [-0.39, 0.29) is 0 Å². The van der Waals surface area contributed by atoms with Gasteiger partial charge in [-0.2, -0.15) is 0 Å². The van der Waals surface area contributed by atoms with Crippen molar-refractivity contribution in [3.05, 3.63) is 16.5 Å². The summed E-state index contributed by atoms with van der Waals surface area (Å²) < 4.78 is 0. The summed E-state index contributed by atoms with van der Waals surface area (Å²) in [5.74, 6) is 1.50. The van der Waals surface area contributed by atoms with Crippen LogP contribution in [0.1, 0.15) is 32.2 Å². The molecular formula is C12H20ClN3O. The van der Waals surface area contributed by atoms with Crippen molar-refractivity contribution in [3.63, 3.8) is 0 Å². The maximum Gasteiger partial charge on any atom is 0.137 e. The molecule has 0 amide bonds. The average Bonchev–Trinajstić information content (AvgIpc) is 2.19. The van der Waals surface area contributed by atoms with Crippen molar-refractivity contribution in [2.45, 2.75) is 39.7 Å². The number of aliphatic hydroxyl groups is 1. The topological polar surface area (TPSA) is 49.2 Å². The van der Waals surface area contributed by atoms with Gasteiger partial charge in [0.1, 0.15) is 16.8 Å². The summed E-state index contributed by atoms with van der Waals surface area (Å²) in [6.07, 6.45) is 0.739. The minimum Gasteiger partial charge on any atom is -0.389 e. The first-order valence-electron chi connectivity index (χ1n) is 5.71. The molecule has 0 aliphatic heterocycles. The van der Waals surface area contributed by atoms with Crippen LogP contribution in [-0.2, 0) is 6.42 Å². The number of nitrogens with zero attached hydrogens (tertiary/aromatic N) is 3. The van der Waals surface area contributed by atoms with E-state index in [4.69, 9.17) is 11.6 Å². The first kappa shape index (κ1) is 14.2. The molecule has 0 spiro atoms. The largest absolute Gasteiger partial charge is 0.389 e. The molecule has 4 nitrogen and oxygen atoms in total. The molecular weight excluding hydrogens is 238 g/mol. The van der Waals surface area contributed by atoms with Crippen molar-refractivity contribution < 1.29 is 5.11 Å². The first-order chi connectivity index (χ1) is 7.74. The van der Waals surface area contributed by atoms with Gasteiger partial charge in [0, 0.05) is 25.6 Å². The van der Waals surface area contributed by atoms with Crippen LogP contribution in [-0.4, -0.2) is 34.3 Å². The first-order valence-corrected chi connectivity index (χ1v) is 6.09. The van der Waals surface area contributed by atoms with Gasteiger partial charge < -0.3 is 10.0 Å². The zero-order valence-corrected chi connectivity index (χ0v) is 11.8. The van der Waals surface area contributed by atoms with Crippen molar-refractivity contribution in [2.75, 3.05) is 18.5 Å². The summed E-state index contributed by atoms with van der Waals surface area (Å²) in [6.45, 7) is 7.90. The lowest BCUT2D eigenvalue weighted by molar-refractivity contribution is 0.0884. The molecule has 0 atom stereocenters. The zero-order chi connectivity index (χ0) is 13.2. The highest BCUT2D eigenvalue weighted by Gasteiger charge is 2.19. The molecule has 0 aliphatic carbocycles. The zero-order valence-electron chi connectivity index (χ0n) is 11.1. The predicted octanol–water partition coefficient (Wildman–Crippen LogP) is 2.21. The van der Waals surface area contributed by atoms with E-state index in [0.717, 1.165) is 23.6 Å². The van der Waals surface area contributed by atoms with E-state index < -0.39 is 5.60 Å². The third kappa shape index (κ3) is 3.82. The quantitative estimate of drug-likeness (QED) is 0.841. The van der Waals surface area contributed by atoms with Gasteiger partial charge >= 0.3 is 0 Å². The molecule has 5 heteroatoms. The van der Waals surface area contributed by atoms with Crippen molar-refractivity contribution in [3.8, 4) is 0 Å². The Labute approximate surface area is 108 Å². The number of aryl methyl sites for hydroxylation is 1. The van der Waals surface area contributed by atoms with Crippen LogP contribution in [0.2, 0.25) is 5.15 Å². The Bertz CT molecular complexity index is 401. The number of halogens is 1. The Morgan fingerprint density at radius 1 is 1.35 bits per heavy atom. The normalized spacial score (nSPS) is 11.7. The van der Waals surface area contributed by atoms with Gasteiger partial charge in [-0.3, -0.25) is 0 Å². The van der Waals surface area contributed by atoms with Gasteiger partial charge in [-0.25, -0.2) is 9.97 Å². The Kier molecular flexibility index (Phi) is 4.33. The molecule has 1 aromatic rings. The van der Waals surface area contributed by atoms with Crippen LogP contribution in [0.25, 0.3) is 0 Å². The van der Waals surface area contributed by atoms with Crippen LogP contribution < -0.4 is 4.90 Å². The van der Waals surface area contributed by atoms with Gasteiger partial charge in [0.2, 0.25) is 0 Å². The third-order valence-corrected chi connectivity index (χ3v) is 2.78. The predicted molar refractivity (Wildman–Crippen MR) is 70.7 cm³/mol. The lowest BCUT2D eigenvalue weighted by Crippen LogP contribution is -2.37. The van der Waals surface area contributed by atoms with Gasteiger partial charge in [0.05, 0.1) is 5.60 Å². The van der Waals surface area contributed by atoms with E-state index in [0.29, 0.717) is 11.7 Å².